The second-order valence-electron chi connectivity index (χ2n) is 8.73. The molecule has 162 valence electrons. The van der Waals surface area contributed by atoms with Crippen molar-refractivity contribution in [2.45, 2.75) is 39.8 Å². The van der Waals surface area contributed by atoms with Gasteiger partial charge in [-0.15, -0.1) is 0 Å². The number of nitriles is 1. The van der Waals surface area contributed by atoms with Crippen molar-refractivity contribution in [2.24, 2.45) is 10.8 Å². The number of anilines is 1. The van der Waals surface area contributed by atoms with Crippen LogP contribution in [0.4, 0.5) is 16.2 Å². The first-order chi connectivity index (χ1) is 14.5. The molecule has 9 heteroatoms. The third-order valence-electron chi connectivity index (χ3n) is 5.77. The summed E-state index contributed by atoms with van der Waals surface area (Å²) in [5.74, 6) is 0.559. The summed E-state index contributed by atoms with van der Waals surface area (Å²) in [7, 11) is 0. The number of amides is 2. The zero-order valence-electron chi connectivity index (χ0n) is 17.6. The van der Waals surface area contributed by atoms with E-state index >= 15 is 0 Å². The van der Waals surface area contributed by atoms with Gasteiger partial charge in [0, 0.05) is 40.8 Å². The molecule has 2 aromatic carbocycles. The number of nitro benzene ring substituents is 1. The van der Waals surface area contributed by atoms with E-state index in [2.05, 4.69) is 10.6 Å². The Morgan fingerprint density at radius 2 is 1.77 bits per heavy atom. The molecule has 0 atom stereocenters. The first-order valence-electron chi connectivity index (χ1n) is 9.65. The lowest BCUT2D eigenvalue weighted by Gasteiger charge is -2.63. The third-order valence-corrected chi connectivity index (χ3v) is 6.08. The van der Waals surface area contributed by atoms with Crippen molar-refractivity contribution in [1.29, 1.82) is 5.26 Å². The topological polar surface area (TPSA) is 117 Å². The summed E-state index contributed by atoms with van der Waals surface area (Å²) in [5, 5.41) is 25.8. The average Bonchev–Trinajstić information content (AvgIpc) is 2.70. The molecule has 0 aliphatic heterocycles. The highest BCUT2D eigenvalue weighted by molar-refractivity contribution is 6.31. The molecule has 1 aliphatic carbocycles. The van der Waals surface area contributed by atoms with Crippen molar-refractivity contribution in [3.05, 3.63) is 63.2 Å². The van der Waals surface area contributed by atoms with Crippen LogP contribution in [-0.4, -0.2) is 23.1 Å². The average molecular weight is 443 g/mol. The summed E-state index contributed by atoms with van der Waals surface area (Å²) in [6.45, 7) is 8.02. The predicted molar refractivity (Wildman–Crippen MR) is 117 cm³/mol. The van der Waals surface area contributed by atoms with E-state index in [-0.39, 0.29) is 17.8 Å². The number of benzene rings is 2. The Bertz CT molecular complexity index is 1040. The van der Waals surface area contributed by atoms with Crippen LogP contribution in [0, 0.1) is 32.3 Å². The number of urea groups is 1. The number of nitrogens with one attached hydrogen (secondary N) is 2. The lowest BCUT2D eigenvalue weighted by Crippen LogP contribution is -2.75. The van der Waals surface area contributed by atoms with E-state index in [1.165, 1.54) is 24.3 Å². The lowest BCUT2D eigenvalue weighted by molar-refractivity contribution is -0.384. The first kappa shape index (κ1) is 22.4. The summed E-state index contributed by atoms with van der Waals surface area (Å²) in [6, 6.07) is 12.0. The predicted octanol–water partition coefficient (Wildman–Crippen LogP) is 5.12. The van der Waals surface area contributed by atoms with Gasteiger partial charge in [-0.25, -0.2) is 4.79 Å². The molecule has 1 saturated carbocycles. The number of hydrogen-bond donors (Lipinski definition) is 2. The molecule has 2 N–H and O–H groups in total. The Labute approximate surface area is 185 Å². The monoisotopic (exact) mass is 442 g/mol. The molecule has 3 rings (SSSR count). The number of nitro groups is 1. The van der Waals surface area contributed by atoms with Gasteiger partial charge in [-0.05, 0) is 24.3 Å². The number of non-ortho nitro benzene ring substituents is 1. The standard InChI is InChI=1S/C22H23ClN4O4/c1-21(2)18(26-20(28)25-14-6-8-15(9-7-14)27(29)30)22(3,4)19(21)31-16-10-5-13(12-24)17(23)11-16/h5-11,18-19H,1-4H3,(H2,25,26,28). The van der Waals surface area contributed by atoms with E-state index < -0.39 is 21.8 Å². The molecular formula is C22H23ClN4O4. The van der Waals surface area contributed by atoms with Crippen LogP contribution >= 0.6 is 11.6 Å². The van der Waals surface area contributed by atoms with Gasteiger partial charge in [0.1, 0.15) is 17.9 Å². The Kier molecular flexibility index (Phi) is 5.83. The van der Waals surface area contributed by atoms with E-state index in [1.54, 1.807) is 18.2 Å². The molecule has 0 spiro atoms. The quantitative estimate of drug-likeness (QED) is 0.492. The largest absolute Gasteiger partial charge is 0.489 e. The highest BCUT2D eigenvalue weighted by Crippen LogP contribution is 2.55. The minimum absolute atomic E-state index is 0.0462. The molecule has 0 heterocycles. The van der Waals surface area contributed by atoms with Crippen molar-refractivity contribution in [2.75, 3.05) is 5.32 Å². The van der Waals surface area contributed by atoms with Gasteiger partial charge < -0.3 is 15.4 Å². The third kappa shape index (κ3) is 4.28. The Balaban J connectivity index is 1.67. The second-order valence-corrected chi connectivity index (χ2v) is 9.14. The molecule has 31 heavy (non-hydrogen) atoms. The van der Waals surface area contributed by atoms with Crippen LogP contribution in [-0.2, 0) is 0 Å². The van der Waals surface area contributed by atoms with Crippen LogP contribution in [0.5, 0.6) is 5.75 Å². The fourth-order valence-electron chi connectivity index (χ4n) is 4.56. The van der Waals surface area contributed by atoms with Crippen LogP contribution < -0.4 is 15.4 Å². The summed E-state index contributed by atoms with van der Waals surface area (Å²) in [4.78, 5) is 22.8. The van der Waals surface area contributed by atoms with Crippen molar-refractivity contribution in [3.63, 3.8) is 0 Å². The van der Waals surface area contributed by atoms with Crippen LogP contribution in [0.2, 0.25) is 5.02 Å². The normalized spacial score (nSPS) is 20.6. The van der Waals surface area contributed by atoms with Gasteiger partial charge in [0.05, 0.1) is 15.5 Å². The zero-order valence-corrected chi connectivity index (χ0v) is 18.4. The van der Waals surface area contributed by atoms with Crippen LogP contribution in [0.25, 0.3) is 0 Å². The molecule has 0 saturated heterocycles. The number of carbonyl (C=O) groups excluding carboxylic acids is 1. The minimum atomic E-state index is -0.496. The summed E-state index contributed by atoms with van der Waals surface area (Å²) < 4.78 is 6.20. The Hall–Kier alpha value is -3.31. The maximum atomic E-state index is 12.5. The maximum absolute atomic E-state index is 12.5. The molecule has 0 unspecified atom stereocenters. The van der Waals surface area contributed by atoms with E-state index in [0.29, 0.717) is 22.0 Å². The number of hydrogen-bond acceptors (Lipinski definition) is 5. The van der Waals surface area contributed by atoms with Gasteiger partial charge >= 0.3 is 6.03 Å². The summed E-state index contributed by atoms with van der Waals surface area (Å²) >= 11 is 6.11. The minimum Gasteiger partial charge on any atom is -0.489 e. The number of nitrogens with zero attached hydrogens (tertiary/aromatic N) is 2. The molecule has 1 aliphatic rings. The highest BCUT2D eigenvalue weighted by atomic mass is 35.5. The molecule has 8 nitrogen and oxygen atoms in total. The lowest BCUT2D eigenvalue weighted by atomic mass is 9.49. The first-order valence-corrected chi connectivity index (χ1v) is 10.0. The van der Waals surface area contributed by atoms with Crippen molar-refractivity contribution < 1.29 is 14.5 Å². The van der Waals surface area contributed by atoms with Gasteiger partial charge in [0.15, 0.2) is 0 Å². The second kappa shape index (κ2) is 8.08. The maximum Gasteiger partial charge on any atom is 0.319 e. The van der Waals surface area contributed by atoms with E-state index in [1.807, 2.05) is 33.8 Å². The van der Waals surface area contributed by atoms with Crippen LogP contribution in [0.3, 0.4) is 0 Å². The molecule has 2 amide bonds. The molecule has 0 bridgehead atoms. The van der Waals surface area contributed by atoms with E-state index in [0.717, 1.165) is 0 Å². The zero-order chi connectivity index (χ0) is 23.0. The number of carbonyl (C=O) groups is 1. The van der Waals surface area contributed by atoms with Gasteiger partial charge in [-0.2, -0.15) is 5.26 Å². The van der Waals surface area contributed by atoms with E-state index in [4.69, 9.17) is 21.6 Å². The molecule has 0 aromatic heterocycles. The number of rotatable bonds is 5. The van der Waals surface area contributed by atoms with Gasteiger partial charge in [0.25, 0.3) is 5.69 Å². The number of halogens is 1. The van der Waals surface area contributed by atoms with Crippen molar-refractivity contribution >= 4 is 29.0 Å². The van der Waals surface area contributed by atoms with Gasteiger partial charge in [0.2, 0.25) is 0 Å². The number of ether oxygens (including phenoxy) is 1. The fraction of sp³-hybridized carbons (Fsp3) is 0.364. The fourth-order valence-corrected chi connectivity index (χ4v) is 4.77. The molecule has 0 radical (unpaired) electrons. The summed E-state index contributed by atoms with van der Waals surface area (Å²) in [6.07, 6.45) is -0.214. The molecule has 2 aromatic rings. The van der Waals surface area contributed by atoms with E-state index in [9.17, 15) is 14.9 Å². The van der Waals surface area contributed by atoms with Crippen molar-refractivity contribution in [1.82, 2.24) is 5.32 Å². The van der Waals surface area contributed by atoms with Gasteiger partial charge in [-0.3, -0.25) is 10.1 Å². The smallest absolute Gasteiger partial charge is 0.319 e. The summed E-state index contributed by atoms with van der Waals surface area (Å²) in [5.41, 5.74) is 0.00434. The highest BCUT2D eigenvalue weighted by Gasteiger charge is 2.64. The molecular weight excluding hydrogens is 420 g/mol. The van der Waals surface area contributed by atoms with Gasteiger partial charge in [-0.1, -0.05) is 39.3 Å². The SMILES string of the molecule is CC1(C)C(NC(=O)Nc2ccc([N+](=O)[O-])cc2)C(C)(C)C1Oc1ccc(C#N)c(Cl)c1. The van der Waals surface area contributed by atoms with Crippen molar-refractivity contribution in [3.8, 4) is 11.8 Å². The van der Waals surface area contributed by atoms with Crippen LogP contribution in [0.15, 0.2) is 42.5 Å². The molecule has 1 fully saturated rings. The van der Waals surface area contributed by atoms with Crippen LogP contribution in [0.1, 0.15) is 33.3 Å². The Morgan fingerprint density at radius 3 is 2.29 bits per heavy atom. The Morgan fingerprint density at radius 1 is 1.16 bits per heavy atom.